The van der Waals surface area contributed by atoms with Crippen molar-refractivity contribution in [3.05, 3.63) is 43.1 Å². The lowest BCUT2D eigenvalue weighted by molar-refractivity contribution is -0.0357. The van der Waals surface area contributed by atoms with Crippen molar-refractivity contribution in [3.63, 3.8) is 0 Å². The van der Waals surface area contributed by atoms with Crippen molar-refractivity contribution in [2.45, 2.75) is 57.0 Å². The van der Waals surface area contributed by atoms with Crippen LogP contribution in [0.3, 0.4) is 0 Å². The van der Waals surface area contributed by atoms with Gasteiger partial charge in [0.05, 0.1) is 18.2 Å². The number of phenolic OH excluding ortho intramolecular Hbond substituents is 1. The molecule has 0 amide bonds. The number of halogens is 1. The molecule has 2 aromatic heterocycles. The van der Waals surface area contributed by atoms with E-state index in [1.807, 2.05) is 6.07 Å². The maximum absolute atomic E-state index is 15.0. The second kappa shape index (κ2) is 7.56. The molecule has 2 aliphatic rings. The third kappa shape index (κ3) is 3.85. The van der Waals surface area contributed by atoms with Crippen molar-refractivity contribution in [3.8, 4) is 28.7 Å². The lowest BCUT2D eigenvalue weighted by Gasteiger charge is -2.50. The number of imidazole rings is 1. The topological polar surface area (TPSA) is 98.0 Å². The summed E-state index contributed by atoms with van der Waals surface area (Å²) in [7, 11) is 0. The summed E-state index contributed by atoms with van der Waals surface area (Å²) in [5, 5.41) is 22.0. The maximum Gasteiger partial charge on any atom is 0.336 e. The van der Waals surface area contributed by atoms with E-state index in [1.165, 1.54) is 6.20 Å². The van der Waals surface area contributed by atoms with Crippen LogP contribution in [0.5, 0.6) is 11.8 Å². The minimum absolute atomic E-state index is 0.0440. The van der Waals surface area contributed by atoms with E-state index < -0.39 is 12.3 Å². The van der Waals surface area contributed by atoms with Gasteiger partial charge in [-0.1, -0.05) is 12.0 Å². The van der Waals surface area contributed by atoms with Gasteiger partial charge in [-0.2, -0.15) is 0 Å². The van der Waals surface area contributed by atoms with Crippen LogP contribution in [0.1, 0.15) is 33.1 Å². The first-order valence-corrected chi connectivity index (χ1v) is 10.5. The van der Waals surface area contributed by atoms with Gasteiger partial charge in [0, 0.05) is 42.0 Å². The molecule has 0 spiro atoms. The van der Waals surface area contributed by atoms with E-state index in [0.29, 0.717) is 23.6 Å². The van der Waals surface area contributed by atoms with E-state index >= 15 is 0 Å². The van der Waals surface area contributed by atoms with Crippen LogP contribution in [-0.2, 0) is 0 Å². The number of hydrogen-bond donors (Lipinski definition) is 2. The lowest BCUT2D eigenvalue weighted by atomic mass is 9.71. The second-order valence-corrected chi connectivity index (χ2v) is 8.96. The van der Waals surface area contributed by atoms with Crippen LogP contribution in [0.25, 0.3) is 16.9 Å². The normalized spacial score (nSPS) is 30.2. The molecule has 9 heteroatoms. The SMILES string of the molecule is CC1C[C@H]2N[C@@](C)(C1)C[C@H](Oc1ncc(-c3ccc(-n4ccnc4)cc3O)nn1)[C@H]2F. The number of fused-ring (bicyclic) bond motifs is 2. The molecule has 8 nitrogen and oxygen atoms in total. The number of nitrogens with one attached hydrogen (secondary N) is 1. The number of piperidine rings is 2. The van der Waals surface area contributed by atoms with Gasteiger partial charge in [0.25, 0.3) is 0 Å². The minimum Gasteiger partial charge on any atom is -0.507 e. The van der Waals surface area contributed by atoms with Gasteiger partial charge in [-0.25, -0.2) is 14.4 Å². The van der Waals surface area contributed by atoms with Crippen molar-refractivity contribution in [1.82, 2.24) is 30.0 Å². The zero-order valence-electron chi connectivity index (χ0n) is 17.4. The number of rotatable bonds is 4. The van der Waals surface area contributed by atoms with E-state index in [1.54, 1.807) is 35.4 Å². The number of phenols is 1. The lowest BCUT2D eigenvalue weighted by Crippen LogP contribution is -2.66. The first-order chi connectivity index (χ1) is 14.9. The molecule has 2 N–H and O–H groups in total. The summed E-state index contributed by atoms with van der Waals surface area (Å²) in [6.07, 6.45) is 7.18. The summed E-state index contributed by atoms with van der Waals surface area (Å²) >= 11 is 0. The Hall–Kier alpha value is -3.07. The van der Waals surface area contributed by atoms with Crippen LogP contribution in [-0.4, -0.2) is 53.7 Å². The van der Waals surface area contributed by atoms with E-state index in [0.717, 1.165) is 18.5 Å². The van der Waals surface area contributed by atoms with Crippen molar-refractivity contribution in [2.75, 3.05) is 0 Å². The summed E-state index contributed by atoms with van der Waals surface area (Å²) in [5.74, 6) is 0.536. The van der Waals surface area contributed by atoms with E-state index in [-0.39, 0.29) is 23.3 Å². The quantitative estimate of drug-likeness (QED) is 0.664. The number of alkyl halides is 1. The molecule has 3 aromatic rings. The van der Waals surface area contributed by atoms with Gasteiger partial charge < -0.3 is 19.7 Å². The van der Waals surface area contributed by atoms with E-state index in [2.05, 4.69) is 39.3 Å². The summed E-state index contributed by atoms with van der Waals surface area (Å²) in [5.41, 5.74) is 1.53. The van der Waals surface area contributed by atoms with Crippen LogP contribution in [0.2, 0.25) is 0 Å². The molecule has 5 rings (SSSR count). The van der Waals surface area contributed by atoms with Gasteiger partial charge in [-0.05, 0) is 37.8 Å². The highest BCUT2D eigenvalue weighted by atomic mass is 19.1. The van der Waals surface area contributed by atoms with Crippen LogP contribution in [0.4, 0.5) is 4.39 Å². The molecular formula is C22H25FN6O2. The molecule has 1 unspecified atom stereocenters. The molecule has 2 aliphatic heterocycles. The Kier molecular flexibility index (Phi) is 4.85. The largest absolute Gasteiger partial charge is 0.507 e. The van der Waals surface area contributed by atoms with E-state index in [4.69, 9.17) is 4.74 Å². The zero-order chi connectivity index (χ0) is 21.6. The van der Waals surface area contributed by atoms with Crippen LogP contribution < -0.4 is 10.1 Å². The number of ether oxygens (including phenoxy) is 1. The molecule has 31 heavy (non-hydrogen) atoms. The van der Waals surface area contributed by atoms with Gasteiger partial charge in [-0.3, -0.25) is 0 Å². The molecule has 2 bridgehead atoms. The van der Waals surface area contributed by atoms with Crippen LogP contribution >= 0.6 is 0 Å². The van der Waals surface area contributed by atoms with Gasteiger partial charge in [0.15, 0.2) is 6.17 Å². The van der Waals surface area contributed by atoms with Crippen LogP contribution in [0, 0.1) is 5.92 Å². The monoisotopic (exact) mass is 424 g/mol. The van der Waals surface area contributed by atoms with Gasteiger partial charge >= 0.3 is 6.01 Å². The van der Waals surface area contributed by atoms with E-state index in [9.17, 15) is 9.50 Å². The molecule has 5 atom stereocenters. The number of aromatic nitrogens is 5. The molecule has 0 radical (unpaired) electrons. The van der Waals surface area contributed by atoms with Crippen LogP contribution in [0.15, 0.2) is 43.1 Å². The molecule has 2 saturated heterocycles. The number of hydrogen-bond acceptors (Lipinski definition) is 7. The third-order valence-corrected chi connectivity index (χ3v) is 6.24. The number of benzene rings is 1. The molecule has 2 fully saturated rings. The number of aromatic hydroxyl groups is 1. The fourth-order valence-electron chi connectivity index (χ4n) is 5.01. The molecule has 1 aromatic carbocycles. The molecule has 0 saturated carbocycles. The van der Waals surface area contributed by atoms with Gasteiger partial charge in [-0.15, -0.1) is 5.10 Å². The second-order valence-electron chi connectivity index (χ2n) is 8.96. The first-order valence-electron chi connectivity index (χ1n) is 10.5. The Morgan fingerprint density at radius 1 is 1.29 bits per heavy atom. The predicted molar refractivity (Wildman–Crippen MR) is 112 cm³/mol. The minimum atomic E-state index is -1.13. The molecular weight excluding hydrogens is 399 g/mol. The molecule has 0 aliphatic carbocycles. The number of nitrogens with zero attached hydrogens (tertiary/aromatic N) is 5. The summed E-state index contributed by atoms with van der Waals surface area (Å²) in [6.45, 7) is 4.29. The summed E-state index contributed by atoms with van der Waals surface area (Å²) in [6, 6.07) is 5.02. The highest BCUT2D eigenvalue weighted by Crippen LogP contribution is 2.39. The summed E-state index contributed by atoms with van der Waals surface area (Å²) in [4.78, 5) is 8.22. The fraction of sp³-hybridized carbons (Fsp3) is 0.455. The Labute approximate surface area is 179 Å². The summed E-state index contributed by atoms with van der Waals surface area (Å²) < 4.78 is 22.6. The predicted octanol–water partition coefficient (Wildman–Crippen LogP) is 3.07. The average molecular weight is 424 g/mol. The zero-order valence-corrected chi connectivity index (χ0v) is 17.4. The van der Waals surface area contributed by atoms with Crippen molar-refractivity contribution in [2.24, 2.45) is 5.92 Å². The highest BCUT2D eigenvalue weighted by molar-refractivity contribution is 5.67. The Morgan fingerprint density at radius 2 is 2.16 bits per heavy atom. The Bertz CT molecular complexity index is 1060. The average Bonchev–Trinajstić information content (AvgIpc) is 3.27. The maximum atomic E-state index is 15.0. The van der Waals surface area contributed by atoms with Gasteiger partial charge in [0.2, 0.25) is 0 Å². The standard InChI is InChI=1S/C22H25FN6O2/c1-13-7-16-20(23)19(10-22(2,9-13)26-16)31-21-25-11-17(27-28-21)15-4-3-14(8-18(15)30)29-6-5-24-12-29/h3-6,8,11-13,16,19-20,26,30H,7,9-10H2,1-2H3/t13?,16-,19+,20+,22+/m1/s1. The Morgan fingerprint density at radius 3 is 2.87 bits per heavy atom. The van der Waals surface area contributed by atoms with Gasteiger partial charge in [0.1, 0.15) is 17.5 Å². The van der Waals surface area contributed by atoms with Crippen molar-refractivity contribution in [1.29, 1.82) is 0 Å². The highest BCUT2D eigenvalue weighted by Gasteiger charge is 2.49. The Balaban J connectivity index is 1.32. The van der Waals surface area contributed by atoms with Crippen molar-refractivity contribution < 1.29 is 14.2 Å². The third-order valence-electron chi connectivity index (χ3n) is 6.24. The molecule has 162 valence electrons. The smallest absolute Gasteiger partial charge is 0.336 e. The van der Waals surface area contributed by atoms with Crippen molar-refractivity contribution >= 4 is 0 Å². The first kappa shape index (κ1) is 19.9. The molecule has 4 heterocycles. The fourth-order valence-corrected chi connectivity index (χ4v) is 5.01.